The van der Waals surface area contributed by atoms with Crippen molar-refractivity contribution in [3.05, 3.63) is 23.8 Å². The van der Waals surface area contributed by atoms with Crippen molar-refractivity contribution in [1.82, 2.24) is 0 Å². The number of rotatable bonds is 0. The summed E-state index contributed by atoms with van der Waals surface area (Å²) in [5, 5.41) is 25.7. The lowest BCUT2D eigenvalue weighted by Gasteiger charge is -2.66. The molecule has 9 rings (SSSR count). The fourth-order valence-corrected chi connectivity index (χ4v) is 11.6. The molecule has 2 N–H and O–H groups in total. The van der Waals surface area contributed by atoms with Crippen LogP contribution in [0.4, 0.5) is 0 Å². The molecule has 5 aliphatic carbocycles. The number of carbonyl (C=O) groups is 3. The molecule has 4 aliphatic heterocycles. The van der Waals surface area contributed by atoms with Crippen LogP contribution in [0.25, 0.3) is 0 Å². The highest BCUT2D eigenvalue weighted by Gasteiger charge is 3.01. The van der Waals surface area contributed by atoms with Crippen LogP contribution in [-0.2, 0) is 33.3 Å². The SMILES string of the molecule is C[C@]12C(=O)C=CCC1=CC[C@@H]1[C@@H]2[C@H]2CC3(O)C(=O)O[C@@]4(C)[C@H]5C[C@@]6(C)[C@@H]7[C@@]2(O)[C@]1(OC[C@H]6C(=O)O5)O[C@]734. The minimum atomic E-state index is -2.09. The lowest BCUT2D eigenvalue weighted by molar-refractivity contribution is -0.372. The highest BCUT2D eigenvalue weighted by molar-refractivity contribution is 5.99. The van der Waals surface area contributed by atoms with Gasteiger partial charge in [0.05, 0.1) is 17.9 Å². The third kappa shape index (κ3) is 1.65. The van der Waals surface area contributed by atoms with Crippen LogP contribution in [0.15, 0.2) is 23.8 Å². The van der Waals surface area contributed by atoms with Crippen molar-refractivity contribution in [3.8, 4) is 0 Å². The zero-order valence-electron chi connectivity index (χ0n) is 21.0. The molecular weight excluding hydrogens is 480 g/mol. The van der Waals surface area contributed by atoms with Gasteiger partial charge in [0.25, 0.3) is 0 Å². The van der Waals surface area contributed by atoms with Crippen LogP contribution >= 0.6 is 0 Å². The van der Waals surface area contributed by atoms with Gasteiger partial charge in [-0.25, -0.2) is 4.79 Å². The Hall–Kier alpha value is -2.07. The number of esters is 2. The first-order valence-electron chi connectivity index (χ1n) is 13.5. The molecule has 0 aromatic carbocycles. The molecule has 0 amide bonds. The molecule has 7 fully saturated rings. The first kappa shape index (κ1) is 21.8. The van der Waals surface area contributed by atoms with Crippen LogP contribution in [0, 0.1) is 40.4 Å². The third-order valence-electron chi connectivity index (χ3n) is 12.9. The maximum Gasteiger partial charge on any atom is 0.342 e. The molecule has 9 heteroatoms. The van der Waals surface area contributed by atoms with Gasteiger partial charge in [0, 0.05) is 17.8 Å². The van der Waals surface area contributed by atoms with Crippen molar-refractivity contribution in [2.45, 2.75) is 80.7 Å². The normalized spacial score (nSPS) is 65.0. The monoisotopic (exact) mass is 510 g/mol. The molecule has 9 aliphatic rings. The van der Waals surface area contributed by atoms with Gasteiger partial charge in [0.15, 0.2) is 22.6 Å². The lowest BCUT2D eigenvalue weighted by atomic mass is 9.39. The number of fused-ring (bicyclic) bond motifs is 6. The summed E-state index contributed by atoms with van der Waals surface area (Å²) in [6, 6.07) is 0. The van der Waals surface area contributed by atoms with Crippen molar-refractivity contribution >= 4 is 17.7 Å². The smallest absolute Gasteiger partial charge is 0.342 e. The van der Waals surface area contributed by atoms with E-state index in [1.807, 2.05) is 19.9 Å². The predicted molar refractivity (Wildman–Crippen MR) is 121 cm³/mol. The van der Waals surface area contributed by atoms with E-state index in [9.17, 15) is 24.6 Å². The molecule has 0 aromatic rings. The Labute approximate surface area is 213 Å². The molecule has 0 radical (unpaired) electrons. The van der Waals surface area contributed by atoms with Crippen LogP contribution in [0.5, 0.6) is 0 Å². The molecule has 37 heavy (non-hydrogen) atoms. The number of aliphatic hydroxyl groups is 2. The van der Waals surface area contributed by atoms with E-state index in [1.54, 1.807) is 13.0 Å². The van der Waals surface area contributed by atoms with Gasteiger partial charge in [-0.1, -0.05) is 24.6 Å². The first-order valence-corrected chi connectivity index (χ1v) is 13.5. The zero-order chi connectivity index (χ0) is 25.8. The molecule has 0 aromatic heterocycles. The summed E-state index contributed by atoms with van der Waals surface area (Å²) >= 11 is 0. The molecule has 13 atom stereocenters. The van der Waals surface area contributed by atoms with Gasteiger partial charge >= 0.3 is 11.9 Å². The Balaban J connectivity index is 1.39. The molecule has 4 saturated heterocycles. The van der Waals surface area contributed by atoms with E-state index in [2.05, 4.69) is 6.08 Å². The van der Waals surface area contributed by atoms with Gasteiger partial charge in [0.2, 0.25) is 5.79 Å². The van der Waals surface area contributed by atoms with E-state index in [4.69, 9.17) is 18.9 Å². The van der Waals surface area contributed by atoms with E-state index in [0.717, 1.165) is 5.57 Å². The summed E-state index contributed by atoms with van der Waals surface area (Å²) < 4.78 is 25.6. The number of hydrogen-bond acceptors (Lipinski definition) is 9. The molecular formula is C28H30O9. The number of ether oxygens (including phenoxy) is 4. The second-order valence-corrected chi connectivity index (χ2v) is 13.7. The summed E-state index contributed by atoms with van der Waals surface area (Å²) in [5.41, 5.74) is -7.71. The van der Waals surface area contributed by atoms with E-state index in [0.29, 0.717) is 19.3 Å². The Kier molecular flexibility index (Phi) is 3.23. The quantitative estimate of drug-likeness (QED) is 0.362. The Morgan fingerprint density at radius 3 is 2.62 bits per heavy atom. The zero-order valence-corrected chi connectivity index (χ0v) is 21.0. The largest absolute Gasteiger partial charge is 0.458 e. The van der Waals surface area contributed by atoms with Crippen molar-refractivity contribution < 1.29 is 43.5 Å². The highest BCUT2D eigenvalue weighted by Crippen LogP contribution is 2.85. The van der Waals surface area contributed by atoms with Crippen molar-refractivity contribution in [1.29, 1.82) is 0 Å². The summed E-state index contributed by atoms with van der Waals surface area (Å²) in [6.45, 7) is 5.53. The van der Waals surface area contributed by atoms with Gasteiger partial charge in [-0.3, -0.25) is 9.59 Å². The molecule has 6 bridgehead atoms. The van der Waals surface area contributed by atoms with Crippen molar-refractivity contribution in [3.63, 3.8) is 0 Å². The number of carbonyl (C=O) groups excluding carboxylic acids is 3. The molecule has 196 valence electrons. The summed E-state index contributed by atoms with van der Waals surface area (Å²) in [7, 11) is 0. The van der Waals surface area contributed by atoms with Crippen LogP contribution in [0.1, 0.15) is 46.5 Å². The fourth-order valence-electron chi connectivity index (χ4n) is 11.6. The van der Waals surface area contributed by atoms with Crippen molar-refractivity contribution in [2.24, 2.45) is 40.4 Å². The van der Waals surface area contributed by atoms with Gasteiger partial charge < -0.3 is 29.2 Å². The van der Waals surface area contributed by atoms with E-state index in [1.165, 1.54) is 0 Å². The minimum absolute atomic E-state index is 0.00202. The van der Waals surface area contributed by atoms with E-state index in [-0.39, 0.29) is 18.8 Å². The summed E-state index contributed by atoms with van der Waals surface area (Å²) in [4.78, 5) is 40.7. The molecule has 1 spiro atoms. The molecule has 1 unspecified atom stereocenters. The van der Waals surface area contributed by atoms with Crippen LogP contribution in [-0.4, -0.2) is 68.8 Å². The Morgan fingerprint density at radius 2 is 1.84 bits per heavy atom. The molecule has 3 saturated carbocycles. The lowest BCUT2D eigenvalue weighted by Crippen LogP contribution is -2.82. The van der Waals surface area contributed by atoms with Crippen LogP contribution in [0.2, 0.25) is 0 Å². The topological polar surface area (TPSA) is 129 Å². The van der Waals surface area contributed by atoms with Gasteiger partial charge in [-0.2, -0.15) is 0 Å². The van der Waals surface area contributed by atoms with Gasteiger partial charge in [0.1, 0.15) is 11.7 Å². The first-order chi connectivity index (χ1) is 17.4. The van der Waals surface area contributed by atoms with E-state index >= 15 is 0 Å². The standard InChI is InChI=1S/C28H30O9/c1-22-10-17-24(3)27-20(22)26(33)14(9-25(27,32)21(31)36-24)18-13(8-7-12-5-4-6-16(29)23(12,18)2)28(26,37-27)34-11-15(22)19(30)35-17/h4,6-7,13-15,17-18,20,32-33H,5,8-11H2,1-3H3/t13-,14-,15+,17-,18-,20-,22-,23-,24+,25?,26-,27+,28-/m1/s1. The average Bonchev–Trinajstić information content (AvgIpc) is 3.21. The second-order valence-electron chi connectivity index (χ2n) is 13.7. The number of ketones is 1. The number of allylic oxidation sites excluding steroid dienone is 4. The molecule has 9 nitrogen and oxygen atoms in total. The maximum atomic E-state index is 13.7. The number of hydrogen-bond donors (Lipinski definition) is 2. The highest BCUT2D eigenvalue weighted by atomic mass is 16.8. The van der Waals surface area contributed by atoms with Gasteiger partial charge in [-0.05, 0) is 56.9 Å². The maximum absolute atomic E-state index is 13.7. The third-order valence-corrected chi connectivity index (χ3v) is 12.9. The van der Waals surface area contributed by atoms with E-state index < -0.39 is 86.7 Å². The van der Waals surface area contributed by atoms with Gasteiger partial charge in [-0.15, -0.1) is 0 Å². The van der Waals surface area contributed by atoms with Crippen LogP contribution in [0.3, 0.4) is 0 Å². The van der Waals surface area contributed by atoms with Crippen LogP contribution < -0.4 is 0 Å². The predicted octanol–water partition coefficient (Wildman–Crippen LogP) is 0.959. The Morgan fingerprint density at radius 1 is 1.05 bits per heavy atom. The summed E-state index contributed by atoms with van der Waals surface area (Å²) in [5.74, 6) is -5.97. The molecule has 4 heterocycles. The Bertz CT molecular complexity index is 1340. The second kappa shape index (κ2) is 5.48. The van der Waals surface area contributed by atoms with Crippen molar-refractivity contribution in [2.75, 3.05) is 6.61 Å². The fraction of sp³-hybridized carbons (Fsp3) is 0.750. The summed E-state index contributed by atoms with van der Waals surface area (Å²) in [6.07, 6.45) is 6.15. The average molecular weight is 511 g/mol. The minimum Gasteiger partial charge on any atom is -0.458 e.